The minimum Gasteiger partial charge on any atom is -0.319 e. The zero-order valence-corrected chi connectivity index (χ0v) is 26.9. The molecule has 1 aromatic heterocycles. The maximum absolute atomic E-state index is 13.8. The first-order chi connectivity index (χ1) is 16.5. The molecule has 0 fully saturated rings. The van der Waals surface area contributed by atoms with Gasteiger partial charge in [0, 0.05) is 18.8 Å². The number of rotatable bonds is 10. The van der Waals surface area contributed by atoms with Gasteiger partial charge in [0.2, 0.25) is 5.91 Å². The first-order valence-corrected chi connectivity index (χ1v) is 13.1. The van der Waals surface area contributed by atoms with Gasteiger partial charge in [-0.3, -0.25) is 10.1 Å². The van der Waals surface area contributed by atoms with Crippen LogP contribution in [0.25, 0.3) is 0 Å². The fourth-order valence-electron chi connectivity index (χ4n) is 4.62. The van der Waals surface area contributed by atoms with E-state index in [2.05, 4.69) is 62.5 Å². The Morgan fingerprint density at radius 3 is 2.57 bits per heavy atom. The third-order valence-corrected chi connectivity index (χ3v) is 6.74. The molecule has 1 aliphatic carbocycles. The van der Waals surface area contributed by atoms with Gasteiger partial charge in [-0.15, -0.1) is 34.0 Å². The molecule has 37 heavy (non-hydrogen) atoms. The minimum atomic E-state index is -0.368. The summed E-state index contributed by atoms with van der Waals surface area (Å²) in [7, 11) is 0. The first kappa shape index (κ1) is 34.0. The van der Waals surface area contributed by atoms with Crippen LogP contribution in [0.1, 0.15) is 78.1 Å². The van der Waals surface area contributed by atoms with Crippen LogP contribution in [0.5, 0.6) is 0 Å². The molecule has 3 N–H and O–H groups in total. The largest absolute Gasteiger partial charge is 0.319 e. The van der Waals surface area contributed by atoms with Crippen LogP contribution in [0.3, 0.4) is 0 Å². The number of carbonyl (C=O) groups is 1. The molecule has 0 saturated carbocycles. The normalized spacial score (nSPS) is 16.8. The van der Waals surface area contributed by atoms with Gasteiger partial charge in [0.05, 0.1) is 23.6 Å². The summed E-state index contributed by atoms with van der Waals surface area (Å²) in [5.41, 5.74) is 2.23. The molecule has 2 aromatic rings. The van der Waals surface area contributed by atoms with E-state index in [9.17, 15) is 9.18 Å². The highest BCUT2D eigenvalue weighted by Gasteiger charge is 2.26. The molecule has 0 saturated heterocycles. The van der Waals surface area contributed by atoms with Crippen LogP contribution in [0, 0.1) is 17.2 Å². The van der Waals surface area contributed by atoms with E-state index in [-0.39, 0.29) is 74.4 Å². The predicted octanol–water partition coefficient (Wildman–Crippen LogP) is 6.88. The Labute approximate surface area is 247 Å². The number of aromatic nitrogens is 2. The summed E-state index contributed by atoms with van der Waals surface area (Å²) >= 11 is 6.00. The van der Waals surface area contributed by atoms with Crippen LogP contribution >= 0.6 is 45.6 Å². The van der Waals surface area contributed by atoms with Crippen molar-refractivity contribution in [2.24, 2.45) is 11.3 Å². The number of benzene rings is 1. The van der Waals surface area contributed by atoms with Gasteiger partial charge in [-0.25, -0.2) is 9.37 Å². The lowest BCUT2D eigenvalue weighted by molar-refractivity contribution is -0.118. The molecule has 1 unspecified atom stereocenters. The molecule has 1 aromatic carbocycles. The van der Waals surface area contributed by atoms with Gasteiger partial charge in [0.15, 0.2) is 5.82 Å². The van der Waals surface area contributed by atoms with Crippen LogP contribution in [0.4, 0.5) is 10.2 Å². The number of aryl methyl sites for hydroxylation is 1. The van der Waals surface area contributed by atoms with Crippen molar-refractivity contribution in [3.8, 4) is 0 Å². The smallest absolute Gasteiger partial charge is 0.242 e. The summed E-state index contributed by atoms with van der Waals surface area (Å²) in [5, 5.41) is 10.3. The highest BCUT2D eigenvalue weighted by molar-refractivity contribution is 8.93. The Morgan fingerprint density at radius 2 is 1.95 bits per heavy atom. The first-order valence-electron chi connectivity index (χ1n) is 12.8. The SMILES string of the molecule is Br.Br.CCC[C@H](N[C@H]1CCc2cc(F)c(Cl)cc2C1)C(=O)Nc1cn(C(NCC(C)(C)C)C(C)C)cn1. The van der Waals surface area contributed by atoms with E-state index < -0.39 is 0 Å². The second-order valence-electron chi connectivity index (χ2n) is 11.3. The van der Waals surface area contributed by atoms with Gasteiger partial charge >= 0.3 is 0 Å². The van der Waals surface area contributed by atoms with E-state index in [1.165, 1.54) is 0 Å². The third-order valence-electron chi connectivity index (χ3n) is 6.45. The summed E-state index contributed by atoms with van der Waals surface area (Å²) in [6, 6.07) is 3.07. The lowest BCUT2D eigenvalue weighted by Crippen LogP contribution is -2.47. The molecular weight excluding hydrogens is 625 g/mol. The number of hydrogen-bond donors (Lipinski definition) is 3. The average Bonchev–Trinajstić information content (AvgIpc) is 3.21. The second kappa shape index (κ2) is 15.0. The van der Waals surface area contributed by atoms with Crippen LogP contribution in [-0.4, -0.2) is 34.1 Å². The van der Waals surface area contributed by atoms with Crippen molar-refractivity contribution in [2.45, 2.75) is 91.9 Å². The fraction of sp³-hybridized carbons (Fsp3) is 0.630. The van der Waals surface area contributed by atoms with Gasteiger partial charge in [-0.2, -0.15) is 0 Å². The van der Waals surface area contributed by atoms with Gasteiger partial charge in [0.1, 0.15) is 5.82 Å². The van der Waals surface area contributed by atoms with E-state index in [4.69, 9.17) is 11.6 Å². The highest BCUT2D eigenvalue weighted by atomic mass is 79.9. The van der Waals surface area contributed by atoms with Gasteiger partial charge in [0.25, 0.3) is 0 Å². The predicted molar refractivity (Wildman–Crippen MR) is 162 cm³/mol. The summed E-state index contributed by atoms with van der Waals surface area (Å²) in [5.74, 6) is 0.467. The fourth-order valence-corrected chi connectivity index (χ4v) is 4.80. The van der Waals surface area contributed by atoms with Crippen molar-refractivity contribution >= 4 is 57.3 Å². The number of carbonyl (C=O) groups excluding carboxylic acids is 1. The molecule has 0 bridgehead atoms. The molecule has 0 radical (unpaired) electrons. The number of amides is 1. The Kier molecular flexibility index (Phi) is 13.8. The summed E-state index contributed by atoms with van der Waals surface area (Å²) in [6.45, 7) is 13.9. The Hall–Kier alpha value is -1.00. The summed E-state index contributed by atoms with van der Waals surface area (Å²) < 4.78 is 15.8. The van der Waals surface area contributed by atoms with Crippen LogP contribution in [0.15, 0.2) is 24.7 Å². The lowest BCUT2D eigenvalue weighted by atomic mass is 9.87. The Balaban J connectivity index is 0.00000342. The summed E-state index contributed by atoms with van der Waals surface area (Å²) in [4.78, 5) is 17.6. The van der Waals surface area contributed by atoms with E-state index >= 15 is 0 Å². The number of nitrogens with zero attached hydrogens (tertiary/aromatic N) is 2. The molecule has 3 rings (SSSR count). The molecule has 6 nitrogen and oxygen atoms in total. The molecule has 1 amide bonds. The van der Waals surface area contributed by atoms with Crippen molar-refractivity contribution in [3.05, 3.63) is 46.6 Å². The van der Waals surface area contributed by atoms with Crippen molar-refractivity contribution < 1.29 is 9.18 Å². The maximum Gasteiger partial charge on any atom is 0.242 e. The van der Waals surface area contributed by atoms with E-state index in [1.807, 2.05) is 10.8 Å². The van der Waals surface area contributed by atoms with E-state index in [0.29, 0.717) is 11.7 Å². The maximum atomic E-state index is 13.8. The standard InChI is InChI=1S/C27H41ClFN5O.2BrH/c1-7-8-23(32-20-10-9-18-13-22(29)21(28)12-19(18)11-20)26(35)33-24-14-34(16-31-24)25(17(2)3)30-15-27(4,5)6;;/h12-14,16-17,20,23,25,30,32H,7-11,15H2,1-6H3,(H,33,35);2*1H/t20-,23-,25?;;/m0../s1. The monoisotopic (exact) mass is 665 g/mol. The summed E-state index contributed by atoms with van der Waals surface area (Å²) in [6.07, 6.45) is 7.72. The molecular formula is C27H43Br2ClFN5O. The van der Waals surface area contributed by atoms with Crippen molar-refractivity contribution in [1.82, 2.24) is 20.2 Å². The van der Waals surface area contributed by atoms with Gasteiger partial charge in [-0.05, 0) is 60.3 Å². The van der Waals surface area contributed by atoms with Crippen LogP contribution < -0.4 is 16.0 Å². The average molecular weight is 668 g/mol. The van der Waals surface area contributed by atoms with Crippen molar-refractivity contribution in [1.29, 1.82) is 0 Å². The number of hydrogen-bond acceptors (Lipinski definition) is 4. The second-order valence-corrected chi connectivity index (χ2v) is 11.7. The highest BCUT2D eigenvalue weighted by Crippen LogP contribution is 2.27. The van der Waals surface area contributed by atoms with Gasteiger partial charge in [-0.1, -0.05) is 59.6 Å². The van der Waals surface area contributed by atoms with E-state index in [1.54, 1.807) is 18.5 Å². The lowest BCUT2D eigenvalue weighted by Gasteiger charge is -2.29. The molecule has 1 aliphatic rings. The molecule has 3 atom stereocenters. The van der Waals surface area contributed by atoms with Gasteiger partial charge < -0.3 is 15.2 Å². The number of anilines is 1. The quantitative estimate of drug-likeness (QED) is 0.259. The number of fused-ring (bicyclic) bond motifs is 1. The number of nitrogens with one attached hydrogen (secondary N) is 3. The minimum absolute atomic E-state index is 0. The molecule has 0 aliphatic heterocycles. The number of halogens is 4. The zero-order valence-electron chi connectivity index (χ0n) is 22.7. The van der Waals surface area contributed by atoms with Crippen molar-refractivity contribution in [3.63, 3.8) is 0 Å². The molecule has 1 heterocycles. The Bertz CT molecular complexity index is 1010. The van der Waals surface area contributed by atoms with Crippen molar-refractivity contribution in [2.75, 3.05) is 11.9 Å². The molecule has 10 heteroatoms. The third kappa shape index (κ3) is 9.92. The van der Waals surface area contributed by atoms with Crippen LogP contribution in [-0.2, 0) is 17.6 Å². The number of imidazole rings is 1. The zero-order chi connectivity index (χ0) is 25.8. The topological polar surface area (TPSA) is 71.0 Å². The van der Waals surface area contributed by atoms with Crippen LogP contribution in [0.2, 0.25) is 5.02 Å². The molecule has 0 spiro atoms. The van der Waals surface area contributed by atoms with E-state index in [0.717, 1.165) is 49.8 Å². The molecule has 210 valence electrons. The Morgan fingerprint density at radius 1 is 1.24 bits per heavy atom.